The second-order valence-electron chi connectivity index (χ2n) is 6.63. The third kappa shape index (κ3) is 5.06. The van der Waals surface area contributed by atoms with Crippen molar-refractivity contribution in [3.05, 3.63) is 54.1 Å². The van der Waals surface area contributed by atoms with Crippen LogP contribution in [0, 0.1) is 0 Å². The lowest BCUT2D eigenvalue weighted by molar-refractivity contribution is -0.116. The van der Waals surface area contributed by atoms with Gasteiger partial charge in [0, 0.05) is 40.7 Å². The zero-order valence-electron chi connectivity index (χ0n) is 16.0. The van der Waals surface area contributed by atoms with Gasteiger partial charge in [-0.05, 0) is 23.8 Å². The number of sulfonamides is 1. The molecule has 2 rings (SSSR count). The van der Waals surface area contributed by atoms with Gasteiger partial charge in [0.2, 0.25) is 15.9 Å². The number of nitrogens with two attached hydrogens (primary N) is 1. The Morgan fingerprint density at radius 1 is 1.07 bits per heavy atom. The highest BCUT2D eigenvalue weighted by molar-refractivity contribution is 7.89. The van der Waals surface area contributed by atoms with Crippen LogP contribution < -0.4 is 16.0 Å². The summed E-state index contributed by atoms with van der Waals surface area (Å²) in [4.78, 5) is 14.4. The van der Waals surface area contributed by atoms with Gasteiger partial charge in [0.15, 0.2) is 0 Å². The first-order valence-electron chi connectivity index (χ1n) is 8.47. The number of hydrogen-bond acceptors (Lipinski definition) is 5. The predicted octanol–water partition coefficient (Wildman–Crippen LogP) is 2.03. The molecule has 0 aliphatic rings. The standard InChI is InChI=1S/C19H26N4O3S/c1-22(2)18-11-10-15(27(25,26)23(3)4)12-17(18)21-19(24)13-16(20)14-8-6-5-7-9-14/h5-12,16H,13,20H2,1-4H3,(H,21,24). The Morgan fingerprint density at radius 3 is 2.26 bits per heavy atom. The van der Waals surface area contributed by atoms with Crippen LogP contribution in [-0.2, 0) is 14.8 Å². The minimum Gasteiger partial charge on any atom is -0.376 e. The van der Waals surface area contributed by atoms with E-state index in [9.17, 15) is 13.2 Å². The van der Waals surface area contributed by atoms with Gasteiger partial charge in [-0.2, -0.15) is 0 Å². The van der Waals surface area contributed by atoms with Crippen molar-refractivity contribution in [1.29, 1.82) is 0 Å². The largest absolute Gasteiger partial charge is 0.376 e. The lowest BCUT2D eigenvalue weighted by Gasteiger charge is -2.21. The quantitative estimate of drug-likeness (QED) is 0.754. The molecule has 0 radical (unpaired) electrons. The molecule has 0 aliphatic heterocycles. The maximum atomic E-state index is 12.5. The van der Waals surface area contributed by atoms with Crippen LogP contribution in [0.15, 0.2) is 53.4 Å². The molecule has 0 aliphatic carbocycles. The monoisotopic (exact) mass is 390 g/mol. The third-order valence-electron chi connectivity index (χ3n) is 4.14. The van der Waals surface area contributed by atoms with Crippen LogP contribution in [0.25, 0.3) is 0 Å². The topological polar surface area (TPSA) is 95.7 Å². The van der Waals surface area contributed by atoms with E-state index in [-0.39, 0.29) is 17.2 Å². The summed E-state index contributed by atoms with van der Waals surface area (Å²) in [7, 11) is 2.96. The molecule has 0 heterocycles. The van der Waals surface area contributed by atoms with E-state index in [2.05, 4.69) is 5.32 Å². The van der Waals surface area contributed by atoms with Crippen LogP contribution in [0.3, 0.4) is 0 Å². The molecule has 1 atom stereocenters. The number of nitrogens with zero attached hydrogens (tertiary/aromatic N) is 2. The molecule has 146 valence electrons. The van der Waals surface area contributed by atoms with Gasteiger partial charge >= 0.3 is 0 Å². The molecule has 8 heteroatoms. The van der Waals surface area contributed by atoms with Crippen LogP contribution in [0.5, 0.6) is 0 Å². The number of rotatable bonds is 7. The molecule has 1 amide bonds. The predicted molar refractivity (Wildman–Crippen MR) is 108 cm³/mol. The first kappa shape index (κ1) is 20.9. The van der Waals surface area contributed by atoms with Crippen LogP contribution in [0.2, 0.25) is 0 Å². The first-order chi connectivity index (χ1) is 12.6. The summed E-state index contributed by atoms with van der Waals surface area (Å²) >= 11 is 0. The zero-order chi connectivity index (χ0) is 20.2. The van der Waals surface area contributed by atoms with Gasteiger partial charge in [-0.1, -0.05) is 30.3 Å². The normalized spacial score (nSPS) is 12.7. The fourth-order valence-electron chi connectivity index (χ4n) is 2.60. The highest BCUT2D eigenvalue weighted by Crippen LogP contribution is 2.29. The highest BCUT2D eigenvalue weighted by atomic mass is 32.2. The molecule has 0 saturated carbocycles. The number of amides is 1. The number of benzene rings is 2. The molecular weight excluding hydrogens is 364 g/mol. The highest BCUT2D eigenvalue weighted by Gasteiger charge is 2.20. The van der Waals surface area contributed by atoms with E-state index in [4.69, 9.17) is 5.73 Å². The minimum absolute atomic E-state index is 0.0849. The van der Waals surface area contributed by atoms with Gasteiger partial charge in [-0.25, -0.2) is 12.7 Å². The summed E-state index contributed by atoms with van der Waals surface area (Å²) in [6.45, 7) is 0. The summed E-state index contributed by atoms with van der Waals surface area (Å²) in [5, 5.41) is 2.80. The van der Waals surface area contributed by atoms with Crippen molar-refractivity contribution in [2.45, 2.75) is 17.4 Å². The van der Waals surface area contributed by atoms with Gasteiger partial charge in [0.1, 0.15) is 0 Å². The second kappa shape index (κ2) is 8.51. The SMILES string of the molecule is CN(C)c1ccc(S(=O)(=O)N(C)C)cc1NC(=O)CC(N)c1ccccc1. The van der Waals surface area contributed by atoms with Crippen molar-refractivity contribution < 1.29 is 13.2 Å². The van der Waals surface area contributed by atoms with E-state index in [1.807, 2.05) is 44.4 Å². The lowest BCUT2D eigenvalue weighted by atomic mass is 10.0. The van der Waals surface area contributed by atoms with Crippen molar-refractivity contribution in [2.75, 3.05) is 38.4 Å². The van der Waals surface area contributed by atoms with E-state index < -0.39 is 16.1 Å². The molecule has 0 saturated heterocycles. The van der Waals surface area contributed by atoms with E-state index >= 15 is 0 Å². The number of carbonyl (C=O) groups excluding carboxylic acids is 1. The fraction of sp³-hybridized carbons (Fsp3) is 0.316. The van der Waals surface area contributed by atoms with E-state index in [0.29, 0.717) is 11.4 Å². The number of anilines is 2. The Hall–Kier alpha value is -2.42. The summed E-state index contributed by atoms with van der Waals surface area (Å²) < 4.78 is 25.9. The molecule has 0 spiro atoms. The average molecular weight is 391 g/mol. The van der Waals surface area contributed by atoms with Crippen LogP contribution in [0.1, 0.15) is 18.0 Å². The van der Waals surface area contributed by atoms with E-state index in [0.717, 1.165) is 9.87 Å². The summed E-state index contributed by atoms with van der Waals surface area (Å²) in [5.41, 5.74) is 8.11. The van der Waals surface area contributed by atoms with Gasteiger partial charge in [0.25, 0.3) is 0 Å². The molecule has 0 fully saturated rings. The Labute approximate surface area is 160 Å². The molecule has 1 unspecified atom stereocenters. The van der Waals surface area contributed by atoms with Crippen molar-refractivity contribution in [3.8, 4) is 0 Å². The van der Waals surface area contributed by atoms with Crippen molar-refractivity contribution >= 4 is 27.3 Å². The molecular formula is C19H26N4O3S. The van der Waals surface area contributed by atoms with Crippen LogP contribution >= 0.6 is 0 Å². The summed E-state index contributed by atoms with van der Waals surface area (Å²) in [6.07, 6.45) is 0.0849. The Bertz CT molecular complexity index is 896. The smallest absolute Gasteiger partial charge is 0.242 e. The van der Waals surface area contributed by atoms with Gasteiger partial charge in [0.05, 0.1) is 16.3 Å². The molecule has 7 nitrogen and oxygen atoms in total. The summed E-state index contributed by atoms with van der Waals surface area (Å²) in [5.74, 6) is -0.283. The van der Waals surface area contributed by atoms with Crippen molar-refractivity contribution in [2.24, 2.45) is 5.73 Å². The Kier molecular flexibility index (Phi) is 6.59. The third-order valence-corrected chi connectivity index (χ3v) is 5.95. The number of hydrogen-bond donors (Lipinski definition) is 2. The second-order valence-corrected chi connectivity index (χ2v) is 8.78. The van der Waals surface area contributed by atoms with Gasteiger partial charge in [-0.15, -0.1) is 0 Å². The number of carbonyl (C=O) groups is 1. The Balaban J connectivity index is 2.26. The minimum atomic E-state index is -3.60. The van der Waals surface area contributed by atoms with Crippen LogP contribution in [-0.4, -0.2) is 46.8 Å². The maximum Gasteiger partial charge on any atom is 0.242 e. The molecule has 2 aromatic rings. The molecule has 0 bridgehead atoms. The lowest BCUT2D eigenvalue weighted by Crippen LogP contribution is -2.24. The van der Waals surface area contributed by atoms with E-state index in [1.165, 1.54) is 26.2 Å². The van der Waals surface area contributed by atoms with Gasteiger partial charge in [-0.3, -0.25) is 4.79 Å². The molecule has 27 heavy (non-hydrogen) atoms. The fourth-order valence-corrected chi connectivity index (χ4v) is 3.52. The number of nitrogens with one attached hydrogen (secondary N) is 1. The van der Waals surface area contributed by atoms with E-state index in [1.54, 1.807) is 11.0 Å². The molecule has 3 N–H and O–H groups in total. The molecule has 0 aromatic heterocycles. The summed E-state index contributed by atoms with van der Waals surface area (Å²) in [6, 6.07) is 13.6. The molecule has 2 aromatic carbocycles. The van der Waals surface area contributed by atoms with Gasteiger partial charge < -0.3 is 16.0 Å². The van der Waals surface area contributed by atoms with Crippen LogP contribution in [0.4, 0.5) is 11.4 Å². The Morgan fingerprint density at radius 2 is 1.70 bits per heavy atom. The maximum absolute atomic E-state index is 12.5. The first-order valence-corrected chi connectivity index (χ1v) is 9.91. The van der Waals surface area contributed by atoms with Crippen molar-refractivity contribution in [1.82, 2.24) is 4.31 Å². The zero-order valence-corrected chi connectivity index (χ0v) is 16.8. The average Bonchev–Trinajstić information content (AvgIpc) is 2.61. The van der Waals surface area contributed by atoms with Crippen molar-refractivity contribution in [3.63, 3.8) is 0 Å².